The molecule has 2 heterocycles. The second-order valence-corrected chi connectivity index (χ2v) is 8.11. The molecule has 36 heavy (non-hydrogen) atoms. The molecule has 0 radical (unpaired) electrons. The first-order valence-corrected chi connectivity index (χ1v) is 10.9. The standard InChI is InChI=1S/C24H19F3N6O3/c25-24(26,27)15-4-1-5-16(12-15)29-23(35)30-17-6-2-7-18(13-17)36-22-20(32-21(34)14-9-10-14)31-19-8-3-11-28-33(19)22/h1-8,11-14H,9-10H2,(H,32,34)(H2,29,30,35). The van der Waals surface area contributed by atoms with E-state index in [1.54, 1.807) is 36.5 Å². The monoisotopic (exact) mass is 496 g/mol. The van der Waals surface area contributed by atoms with Crippen LogP contribution < -0.4 is 20.7 Å². The largest absolute Gasteiger partial charge is 0.436 e. The Bertz CT molecular complexity index is 1450. The van der Waals surface area contributed by atoms with Crippen LogP contribution in [0.1, 0.15) is 18.4 Å². The Kier molecular flexibility index (Phi) is 5.92. The Morgan fingerprint density at radius 3 is 2.39 bits per heavy atom. The number of nitrogens with zero attached hydrogens (tertiary/aromatic N) is 3. The first kappa shape index (κ1) is 23.1. The highest BCUT2D eigenvalue weighted by Crippen LogP contribution is 2.35. The molecule has 9 nitrogen and oxygen atoms in total. The molecule has 12 heteroatoms. The second-order valence-electron chi connectivity index (χ2n) is 8.11. The van der Waals surface area contributed by atoms with Gasteiger partial charge >= 0.3 is 12.2 Å². The molecule has 2 aromatic heterocycles. The molecule has 3 N–H and O–H groups in total. The molecule has 184 valence electrons. The third-order valence-corrected chi connectivity index (χ3v) is 5.30. The van der Waals surface area contributed by atoms with Crippen molar-refractivity contribution in [3.05, 3.63) is 72.4 Å². The minimum Gasteiger partial charge on any atom is -0.436 e. The Morgan fingerprint density at radius 1 is 0.944 bits per heavy atom. The summed E-state index contributed by atoms with van der Waals surface area (Å²) in [5, 5.41) is 11.9. The molecular formula is C24H19F3N6O3. The van der Waals surface area contributed by atoms with E-state index in [9.17, 15) is 22.8 Å². The molecular weight excluding hydrogens is 477 g/mol. The minimum atomic E-state index is -4.52. The molecule has 0 bridgehead atoms. The van der Waals surface area contributed by atoms with Gasteiger partial charge in [-0.2, -0.15) is 22.8 Å². The number of hydrogen-bond donors (Lipinski definition) is 3. The van der Waals surface area contributed by atoms with Crippen molar-refractivity contribution in [1.29, 1.82) is 0 Å². The van der Waals surface area contributed by atoms with Crippen LogP contribution in [-0.4, -0.2) is 26.5 Å². The highest BCUT2D eigenvalue weighted by Gasteiger charge is 2.32. The zero-order chi connectivity index (χ0) is 25.3. The van der Waals surface area contributed by atoms with E-state index in [4.69, 9.17) is 4.74 Å². The number of ether oxygens (including phenoxy) is 1. The fraction of sp³-hybridized carbons (Fsp3) is 0.167. The zero-order valence-corrected chi connectivity index (χ0v) is 18.5. The summed E-state index contributed by atoms with van der Waals surface area (Å²) in [5.74, 6) is 0.515. The van der Waals surface area contributed by atoms with Gasteiger partial charge in [-0.25, -0.2) is 9.78 Å². The van der Waals surface area contributed by atoms with Crippen LogP contribution in [0.25, 0.3) is 5.65 Å². The number of anilines is 3. The molecule has 0 unspecified atom stereocenters. The molecule has 1 saturated carbocycles. The van der Waals surface area contributed by atoms with Crippen molar-refractivity contribution in [1.82, 2.24) is 14.6 Å². The third kappa shape index (κ3) is 5.22. The number of halogens is 3. The molecule has 0 spiro atoms. The number of aromatic nitrogens is 3. The van der Waals surface area contributed by atoms with Gasteiger partial charge in [-0.1, -0.05) is 12.1 Å². The summed E-state index contributed by atoms with van der Waals surface area (Å²) < 4.78 is 46.2. The summed E-state index contributed by atoms with van der Waals surface area (Å²) >= 11 is 0. The highest BCUT2D eigenvalue weighted by atomic mass is 19.4. The van der Waals surface area contributed by atoms with Gasteiger partial charge in [0.1, 0.15) is 5.75 Å². The summed E-state index contributed by atoms with van der Waals surface area (Å²) in [6, 6.07) is 13.3. The molecule has 0 saturated heterocycles. The number of fused-ring (bicyclic) bond motifs is 1. The Morgan fingerprint density at radius 2 is 1.67 bits per heavy atom. The zero-order valence-electron chi connectivity index (χ0n) is 18.5. The Balaban J connectivity index is 1.32. The SMILES string of the molecule is O=C(Nc1cccc(Oc2c(NC(=O)C3CC3)nc3cccnn23)c1)Nc1cccc(C(F)(F)F)c1. The van der Waals surface area contributed by atoms with Gasteiger partial charge in [0.2, 0.25) is 5.91 Å². The van der Waals surface area contributed by atoms with Crippen LogP contribution in [0.5, 0.6) is 11.6 Å². The predicted molar refractivity (Wildman–Crippen MR) is 125 cm³/mol. The smallest absolute Gasteiger partial charge is 0.416 e. The molecule has 4 aromatic rings. The van der Waals surface area contributed by atoms with E-state index < -0.39 is 17.8 Å². The molecule has 1 aliphatic carbocycles. The molecule has 2 aromatic carbocycles. The van der Waals surface area contributed by atoms with Crippen LogP contribution >= 0.6 is 0 Å². The fourth-order valence-electron chi connectivity index (χ4n) is 3.42. The number of hydrogen-bond acceptors (Lipinski definition) is 5. The first-order chi connectivity index (χ1) is 17.3. The molecule has 5 rings (SSSR count). The number of alkyl halides is 3. The van der Waals surface area contributed by atoms with Gasteiger partial charge in [0.05, 0.1) is 5.56 Å². The molecule has 3 amide bonds. The topological polar surface area (TPSA) is 110 Å². The summed E-state index contributed by atoms with van der Waals surface area (Å²) in [7, 11) is 0. The van der Waals surface area contributed by atoms with Crippen molar-refractivity contribution in [2.75, 3.05) is 16.0 Å². The van der Waals surface area contributed by atoms with Crippen molar-refractivity contribution in [2.24, 2.45) is 5.92 Å². The molecule has 0 aliphatic heterocycles. The number of urea groups is 1. The van der Waals surface area contributed by atoms with Gasteiger partial charge in [-0.3, -0.25) is 4.79 Å². The van der Waals surface area contributed by atoms with Gasteiger partial charge in [0.15, 0.2) is 11.5 Å². The minimum absolute atomic E-state index is 0.0115. The van der Waals surface area contributed by atoms with E-state index in [2.05, 4.69) is 26.0 Å². The number of nitrogens with one attached hydrogen (secondary N) is 3. The number of amides is 3. The summed E-state index contributed by atoms with van der Waals surface area (Å²) in [6.45, 7) is 0. The molecule has 1 fully saturated rings. The van der Waals surface area contributed by atoms with Crippen LogP contribution in [0.15, 0.2) is 66.9 Å². The van der Waals surface area contributed by atoms with Crippen LogP contribution in [0.3, 0.4) is 0 Å². The summed E-state index contributed by atoms with van der Waals surface area (Å²) in [5.41, 5.74) is -0.0971. The lowest BCUT2D eigenvalue weighted by molar-refractivity contribution is -0.137. The van der Waals surface area contributed by atoms with E-state index in [-0.39, 0.29) is 29.2 Å². The van der Waals surface area contributed by atoms with Crippen LogP contribution in [0, 0.1) is 5.92 Å². The van der Waals surface area contributed by atoms with Gasteiger partial charge < -0.3 is 20.7 Å². The molecule has 1 aliphatic rings. The lowest BCUT2D eigenvalue weighted by Gasteiger charge is -2.12. The number of rotatable bonds is 6. The summed E-state index contributed by atoms with van der Waals surface area (Å²) in [6.07, 6.45) is -1.33. The fourth-order valence-corrected chi connectivity index (χ4v) is 3.42. The first-order valence-electron chi connectivity index (χ1n) is 10.9. The van der Waals surface area contributed by atoms with Gasteiger partial charge in [0, 0.05) is 29.6 Å². The van der Waals surface area contributed by atoms with Crippen molar-refractivity contribution < 1.29 is 27.5 Å². The number of benzene rings is 2. The van der Waals surface area contributed by atoms with E-state index in [1.807, 2.05) is 0 Å². The molecule has 0 atom stereocenters. The Labute approximate surface area is 202 Å². The van der Waals surface area contributed by atoms with E-state index >= 15 is 0 Å². The van der Waals surface area contributed by atoms with Crippen LogP contribution in [-0.2, 0) is 11.0 Å². The van der Waals surface area contributed by atoms with Crippen LogP contribution in [0.4, 0.5) is 35.2 Å². The maximum absolute atomic E-state index is 12.9. The number of carbonyl (C=O) groups is 2. The lowest BCUT2D eigenvalue weighted by atomic mass is 10.2. The summed E-state index contributed by atoms with van der Waals surface area (Å²) in [4.78, 5) is 29.1. The van der Waals surface area contributed by atoms with Crippen LogP contribution in [0.2, 0.25) is 0 Å². The average Bonchev–Trinajstić information content (AvgIpc) is 3.63. The maximum Gasteiger partial charge on any atom is 0.416 e. The van der Waals surface area contributed by atoms with Gasteiger partial charge in [0.25, 0.3) is 5.88 Å². The number of imidazole rings is 1. The predicted octanol–water partition coefficient (Wildman–Crippen LogP) is 5.53. The van der Waals surface area contributed by atoms with Gasteiger partial charge in [-0.15, -0.1) is 0 Å². The average molecular weight is 496 g/mol. The van der Waals surface area contributed by atoms with Gasteiger partial charge in [-0.05, 0) is 55.3 Å². The van der Waals surface area contributed by atoms with E-state index in [0.29, 0.717) is 17.1 Å². The lowest BCUT2D eigenvalue weighted by Crippen LogP contribution is -2.19. The van der Waals surface area contributed by atoms with Crippen molar-refractivity contribution in [3.63, 3.8) is 0 Å². The number of carbonyl (C=O) groups excluding carboxylic acids is 2. The van der Waals surface area contributed by atoms with Crippen molar-refractivity contribution >= 4 is 34.8 Å². The Hall–Kier alpha value is -4.61. The second kappa shape index (κ2) is 9.21. The van der Waals surface area contributed by atoms with Crippen molar-refractivity contribution in [2.45, 2.75) is 19.0 Å². The van der Waals surface area contributed by atoms with E-state index in [0.717, 1.165) is 25.0 Å². The van der Waals surface area contributed by atoms with Crippen molar-refractivity contribution in [3.8, 4) is 11.6 Å². The maximum atomic E-state index is 12.9. The quantitative estimate of drug-likeness (QED) is 0.325. The normalized spacial score (nSPS) is 13.3. The van der Waals surface area contributed by atoms with E-state index in [1.165, 1.54) is 22.7 Å². The third-order valence-electron chi connectivity index (χ3n) is 5.30. The highest BCUT2D eigenvalue weighted by molar-refractivity contribution is 6.00.